The van der Waals surface area contributed by atoms with Crippen molar-refractivity contribution >= 4 is 29.1 Å². The van der Waals surface area contributed by atoms with Crippen LogP contribution in [-0.4, -0.2) is 41.4 Å². The Morgan fingerprint density at radius 3 is 2.34 bits per heavy atom. The Labute approximate surface area is 198 Å². The van der Waals surface area contributed by atoms with Crippen LogP contribution in [0.15, 0.2) is 84.9 Å². The van der Waals surface area contributed by atoms with E-state index in [9.17, 15) is 10.0 Å². The molecule has 0 radical (unpaired) electrons. The van der Waals surface area contributed by atoms with Crippen molar-refractivity contribution in [3.63, 3.8) is 0 Å². The maximum atomic E-state index is 13.4. The largest absolute Gasteiger partial charge is 0.630 e. The van der Waals surface area contributed by atoms with Gasteiger partial charge in [0.15, 0.2) is 6.04 Å². The standard InChI is InChI=1S/C26H26ClN2O2S/c27-22-13-11-20(12-14-22)24(30)17-29-18-32-26(21-9-5-2-6-10-21)23(29)16-28(31)25(29)15-19-7-3-1-4-8-19/h1-14,23,25-26,28H,15-18H2/q+1. The summed E-state index contributed by atoms with van der Waals surface area (Å²) in [7, 11) is 0. The van der Waals surface area contributed by atoms with Crippen molar-refractivity contribution in [3.8, 4) is 0 Å². The maximum Gasteiger partial charge on any atom is 0.220 e. The molecule has 2 aliphatic heterocycles. The molecule has 5 rings (SSSR count). The van der Waals surface area contributed by atoms with Gasteiger partial charge in [0.05, 0.1) is 11.7 Å². The Hall–Kier alpha value is -2.15. The molecule has 3 aromatic rings. The number of halogens is 1. The molecule has 2 fully saturated rings. The summed E-state index contributed by atoms with van der Waals surface area (Å²) in [5.41, 5.74) is 3.05. The first kappa shape index (κ1) is 21.7. The van der Waals surface area contributed by atoms with Gasteiger partial charge in [-0.15, -0.1) is 0 Å². The van der Waals surface area contributed by atoms with Crippen LogP contribution in [-0.2, 0) is 6.42 Å². The Morgan fingerprint density at radius 1 is 1.00 bits per heavy atom. The molecule has 0 saturated carbocycles. The van der Waals surface area contributed by atoms with Crippen LogP contribution in [0.1, 0.15) is 26.7 Å². The fourth-order valence-electron chi connectivity index (χ4n) is 5.30. The summed E-state index contributed by atoms with van der Waals surface area (Å²) >= 11 is 7.92. The van der Waals surface area contributed by atoms with E-state index < -0.39 is 0 Å². The zero-order chi connectivity index (χ0) is 22.1. The van der Waals surface area contributed by atoms with Gasteiger partial charge in [-0.2, -0.15) is 0 Å². The molecule has 164 valence electrons. The number of nitrogens with zero attached hydrogens (tertiary/aromatic N) is 1. The van der Waals surface area contributed by atoms with Gasteiger partial charge in [-0.3, -0.25) is 9.28 Å². The topological polar surface area (TPSA) is 44.6 Å². The van der Waals surface area contributed by atoms with Gasteiger partial charge in [-0.05, 0) is 35.4 Å². The number of thioether (sulfide) groups is 1. The summed E-state index contributed by atoms with van der Waals surface area (Å²) in [4.78, 5) is 13.4. The van der Waals surface area contributed by atoms with Crippen molar-refractivity contribution in [2.45, 2.75) is 23.9 Å². The van der Waals surface area contributed by atoms with Crippen LogP contribution in [0.3, 0.4) is 0 Å². The molecule has 2 aliphatic rings. The van der Waals surface area contributed by atoms with Crippen molar-refractivity contribution in [1.82, 2.24) is 0 Å². The van der Waals surface area contributed by atoms with E-state index in [-0.39, 0.29) is 28.3 Å². The number of hydroxylamine groups is 2. The lowest BCUT2D eigenvalue weighted by Gasteiger charge is -2.38. The average Bonchev–Trinajstić information content (AvgIpc) is 3.29. The maximum absolute atomic E-state index is 13.4. The number of ketones is 1. The normalized spacial score (nSPS) is 29.1. The quantitative estimate of drug-likeness (QED) is 0.338. The number of quaternary nitrogens is 2. The third-order valence-electron chi connectivity index (χ3n) is 6.91. The van der Waals surface area contributed by atoms with Crippen molar-refractivity contribution in [2.75, 3.05) is 19.0 Å². The van der Waals surface area contributed by atoms with Crippen LogP contribution in [0.25, 0.3) is 0 Å². The fourth-order valence-corrected chi connectivity index (χ4v) is 7.23. The highest BCUT2D eigenvalue weighted by atomic mass is 35.5. The Balaban J connectivity index is 1.50. The summed E-state index contributed by atoms with van der Waals surface area (Å²) in [6.07, 6.45) is 0.478. The van der Waals surface area contributed by atoms with Crippen molar-refractivity contribution in [3.05, 3.63) is 112 Å². The third kappa shape index (κ3) is 4.00. The number of hydrogen-bond acceptors (Lipinski definition) is 3. The van der Waals surface area contributed by atoms with Crippen LogP contribution in [0, 0.1) is 5.21 Å². The van der Waals surface area contributed by atoms with E-state index in [2.05, 4.69) is 36.4 Å². The van der Waals surface area contributed by atoms with Gasteiger partial charge in [0.1, 0.15) is 19.0 Å². The van der Waals surface area contributed by atoms with Gasteiger partial charge in [0.2, 0.25) is 11.9 Å². The highest BCUT2D eigenvalue weighted by molar-refractivity contribution is 7.99. The second-order valence-corrected chi connectivity index (χ2v) is 10.3. The van der Waals surface area contributed by atoms with Crippen LogP contribution in [0.4, 0.5) is 0 Å². The number of benzene rings is 3. The van der Waals surface area contributed by atoms with Crippen molar-refractivity contribution in [2.24, 2.45) is 0 Å². The molecule has 0 spiro atoms. The van der Waals surface area contributed by atoms with Gasteiger partial charge >= 0.3 is 0 Å². The number of fused-ring (bicyclic) bond motifs is 1. The van der Waals surface area contributed by atoms with Gasteiger partial charge in [-0.25, -0.2) is 0 Å². The molecular formula is C26H26ClN2O2S+. The minimum atomic E-state index is -0.195. The van der Waals surface area contributed by atoms with E-state index in [4.69, 9.17) is 11.6 Å². The molecule has 5 atom stereocenters. The molecule has 0 aliphatic carbocycles. The molecule has 5 unspecified atom stereocenters. The Morgan fingerprint density at radius 2 is 1.66 bits per heavy atom. The molecular weight excluding hydrogens is 440 g/mol. The SMILES string of the molecule is O=C(C[N+]12CSC(c3ccccc3)C1C[NH+]([O-])C2Cc1ccccc1)c1ccc(Cl)cc1. The molecule has 2 heterocycles. The number of Topliss-reactive ketones (excluding diaryl/α,β-unsaturated/α-hetero) is 1. The summed E-state index contributed by atoms with van der Waals surface area (Å²) < 4.78 is 0.541. The van der Waals surface area contributed by atoms with Crippen molar-refractivity contribution in [1.29, 1.82) is 0 Å². The second kappa shape index (κ2) is 9.00. The van der Waals surface area contributed by atoms with E-state index in [1.165, 1.54) is 5.56 Å². The molecule has 0 aromatic heterocycles. The molecule has 0 bridgehead atoms. The van der Waals surface area contributed by atoms with Crippen molar-refractivity contribution < 1.29 is 14.3 Å². The smallest absolute Gasteiger partial charge is 0.220 e. The Bertz CT molecular complexity index is 1080. The lowest BCUT2D eigenvalue weighted by atomic mass is 10.0. The van der Waals surface area contributed by atoms with Crippen LogP contribution < -0.4 is 5.06 Å². The summed E-state index contributed by atoms with van der Waals surface area (Å²) in [6, 6.07) is 27.8. The van der Waals surface area contributed by atoms with E-state index >= 15 is 0 Å². The molecule has 2 saturated heterocycles. The number of nitrogens with one attached hydrogen (secondary N) is 1. The monoisotopic (exact) mass is 465 g/mol. The summed E-state index contributed by atoms with van der Waals surface area (Å²) in [6.45, 7) is 0.865. The van der Waals surface area contributed by atoms with E-state index in [1.54, 1.807) is 24.3 Å². The van der Waals surface area contributed by atoms with Crippen LogP contribution >= 0.6 is 23.4 Å². The number of hydrogen-bond donors (Lipinski definition) is 1. The predicted molar refractivity (Wildman–Crippen MR) is 129 cm³/mol. The lowest BCUT2D eigenvalue weighted by Crippen LogP contribution is -3.11. The highest BCUT2D eigenvalue weighted by Gasteiger charge is 2.62. The first-order valence-electron chi connectivity index (χ1n) is 11.0. The summed E-state index contributed by atoms with van der Waals surface area (Å²) in [5.74, 6) is 0.848. The van der Waals surface area contributed by atoms with E-state index in [0.29, 0.717) is 34.6 Å². The first-order chi connectivity index (χ1) is 15.6. The van der Waals surface area contributed by atoms with Crippen LogP contribution in [0.2, 0.25) is 5.02 Å². The highest BCUT2D eigenvalue weighted by Crippen LogP contribution is 2.48. The first-order valence-corrected chi connectivity index (χ1v) is 12.4. The second-order valence-electron chi connectivity index (χ2n) is 8.76. The number of rotatable bonds is 6. The van der Waals surface area contributed by atoms with Gasteiger partial charge in [-0.1, -0.05) is 84.0 Å². The molecule has 1 N–H and O–H groups in total. The van der Waals surface area contributed by atoms with Gasteiger partial charge < -0.3 is 10.3 Å². The fraction of sp³-hybridized carbons (Fsp3) is 0.269. The van der Waals surface area contributed by atoms with Gasteiger partial charge in [0, 0.05) is 10.6 Å². The summed E-state index contributed by atoms with van der Waals surface area (Å²) in [5, 5.41) is 14.5. The minimum absolute atomic E-state index is 0.0775. The molecule has 32 heavy (non-hydrogen) atoms. The number of carbonyl (C=O) groups is 1. The predicted octanol–water partition coefficient (Wildman–Crippen LogP) is 4.12. The zero-order valence-electron chi connectivity index (χ0n) is 17.7. The zero-order valence-corrected chi connectivity index (χ0v) is 19.3. The minimum Gasteiger partial charge on any atom is -0.630 e. The average molecular weight is 466 g/mol. The number of carbonyl (C=O) groups excluding carboxylic acids is 1. The van der Waals surface area contributed by atoms with Gasteiger partial charge in [0.25, 0.3) is 0 Å². The van der Waals surface area contributed by atoms with E-state index in [1.807, 2.05) is 36.0 Å². The third-order valence-corrected chi connectivity index (χ3v) is 8.74. The molecule has 4 nitrogen and oxygen atoms in total. The van der Waals surface area contributed by atoms with E-state index in [0.717, 1.165) is 11.4 Å². The molecule has 3 aromatic carbocycles. The lowest BCUT2D eigenvalue weighted by molar-refractivity contribution is -1.05. The Kier molecular flexibility index (Phi) is 6.10. The molecule has 6 heteroatoms. The molecule has 0 amide bonds. The van der Waals surface area contributed by atoms with Crippen LogP contribution in [0.5, 0.6) is 0 Å².